The van der Waals surface area contributed by atoms with Crippen molar-refractivity contribution in [2.24, 2.45) is 7.05 Å². The van der Waals surface area contributed by atoms with E-state index in [0.29, 0.717) is 17.8 Å². The highest BCUT2D eigenvalue weighted by Gasteiger charge is 2.17. The standard InChI is InChI=1S/C14H16N6OS/c1-9-13(10(2)19(3)17-9)14(21)15-6-11-7-20(18-16-11)12-4-5-22-8-12/h4-5,7-8H,6H2,1-3H3,(H,15,21). The van der Waals surface area contributed by atoms with Crippen molar-refractivity contribution in [1.82, 2.24) is 30.1 Å². The lowest BCUT2D eigenvalue weighted by molar-refractivity contribution is 0.0949. The van der Waals surface area contributed by atoms with Crippen LogP contribution in [0.15, 0.2) is 23.0 Å². The molecule has 3 aromatic rings. The molecule has 0 aliphatic heterocycles. The number of carbonyl (C=O) groups excluding carboxylic acids is 1. The third-order valence-electron chi connectivity index (χ3n) is 3.48. The topological polar surface area (TPSA) is 77.6 Å². The molecule has 0 unspecified atom stereocenters. The van der Waals surface area contributed by atoms with Gasteiger partial charge in [-0.05, 0) is 25.3 Å². The SMILES string of the molecule is Cc1nn(C)c(C)c1C(=O)NCc1cn(-c2ccsc2)nn1. The number of carbonyl (C=O) groups is 1. The molecule has 114 valence electrons. The van der Waals surface area contributed by atoms with Gasteiger partial charge in [0, 0.05) is 18.1 Å². The van der Waals surface area contributed by atoms with Gasteiger partial charge in [0.25, 0.3) is 5.91 Å². The maximum atomic E-state index is 12.3. The number of aryl methyl sites for hydroxylation is 2. The highest BCUT2D eigenvalue weighted by atomic mass is 32.1. The van der Waals surface area contributed by atoms with Gasteiger partial charge in [-0.3, -0.25) is 9.48 Å². The van der Waals surface area contributed by atoms with E-state index in [1.165, 1.54) is 0 Å². The molecule has 0 aliphatic carbocycles. The van der Waals surface area contributed by atoms with Crippen LogP contribution in [0, 0.1) is 13.8 Å². The van der Waals surface area contributed by atoms with Crippen LogP contribution in [0.4, 0.5) is 0 Å². The van der Waals surface area contributed by atoms with Crippen LogP contribution in [0.1, 0.15) is 27.4 Å². The van der Waals surface area contributed by atoms with E-state index < -0.39 is 0 Å². The summed E-state index contributed by atoms with van der Waals surface area (Å²) in [5.74, 6) is -0.145. The van der Waals surface area contributed by atoms with E-state index in [-0.39, 0.29) is 5.91 Å². The maximum absolute atomic E-state index is 12.3. The van der Waals surface area contributed by atoms with Crippen molar-refractivity contribution in [3.63, 3.8) is 0 Å². The zero-order valence-corrected chi connectivity index (χ0v) is 13.4. The molecule has 7 nitrogen and oxygen atoms in total. The van der Waals surface area contributed by atoms with Gasteiger partial charge >= 0.3 is 0 Å². The Kier molecular flexibility index (Phi) is 3.76. The van der Waals surface area contributed by atoms with E-state index in [1.807, 2.05) is 43.9 Å². The fourth-order valence-electron chi connectivity index (χ4n) is 2.25. The first kappa shape index (κ1) is 14.5. The lowest BCUT2D eigenvalue weighted by atomic mass is 10.2. The van der Waals surface area contributed by atoms with E-state index in [1.54, 1.807) is 20.7 Å². The molecule has 0 spiro atoms. The molecule has 1 amide bonds. The largest absolute Gasteiger partial charge is 0.346 e. The van der Waals surface area contributed by atoms with Gasteiger partial charge in [-0.25, -0.2) is 4.68 Å². The van der Waals surface area contributed by atoms with E-state index >= 15 is 0 Å². The average Bonchev–Trinajstić information content (AvgIpc) is 3.19. The molecular formula is C14H16N6OS. The number of hydrogen-bond acceptors (Lipinski definition) is 5. The van der Waals surface area contributed by atoms with Crippen molar-refractivity contribution in [2.75, 3.05) is 0 Å². The number of rotatable bonds is 4. The van der Waals surface area contributed by atoms with E-state index in [4.69, 9.17) is 0 Å². The number of amides is 1. The van der Waals surface area contributed by atoms with Crippen molar-refractivity contribution in [2.45, 2.75) is 20.4 Å². The first-order chi connectivity index (χ1) is 10.6. The number of nitrogens with zero attached hydrogens (tertiary/aromatic N) is 5. The Morgan fingerprint density at radius 3 is 2.86 bits per heavy atom. The third kappa shape index (κ3) is 2.64. The van der Waals surface area contributed by atoms with Crippen LogP contribution >= 0.6 is 11.3 Å². The fourth-order valence-corrected chi connectivity index (χ4v) is 2.88. The summed E-state index contributed by atoms with van der Waals surface area (Å²) in [4.78, 5) is 12.3. The van der Waals surface area contributed by atoms with Crippen molar-refractivity contribution >= 4 is 17.2 Å². The van der Waals surface area contributed by atoms with Gasteiger partial charge in [-0.15, -0.1) is 5.10 Å². The maximum Gasteiger partial charge on any atom is 0.255 e. The molecule has 0 aromatic carbocycles. The predicted molar refractivity (Wildman–Crippen MR) is 83.1 cm³/mol. The highest BCUT2D eigenvalue weighted by molar-refractivity contribution is 7.08. The van der Waals surface area contributed by atoms with Gasteiger partial charge in [0.2, 0.25) is 0 Å². The van der Waals surface area contributed by atoms with Crippen LogP contribution in [0.2, 0.25) is 0 Å². The fraction of sp³-hybridized carbons (Fsp3) is 0.286. The van der Waals surface area contributed by atoms with Crippen molar-refractivity contribution in [3.05, 3.63) is 45.7 Å². The van der Waals surface area contributed by atoms with Crippen molar-refractivity contribution in [3.8, 4) is 5.69 Å². The molecule has 0 radical (unpaired) electrons. The van der Waals surface area contributed by atoms with E-state index in [2.05, 4.69) is 20.7 Å². The molecule has 3 heterocycles. The summed E-state index contributed by atoms with van der Waals surface area (Å²) in [7, 11) is 1.82. The Balaban J connectivity index is 1.69. The zero-order valence-electron chi connectivity index (χ0n) is 12.6. The van der Waals surface area contributed by atoms with Crippen molar-refractivity contribution in [1.29, 1.82) is 0 Å². The molecule has 3 aromatic heterocycles. The Morgan fingerprint density at radius 1 is 1.41 bits per heavy atom. The van der Waals surface area contributed by atoms with Gasteiger partial charge in [-0.2, -0.15) is 16.4 Å². The molecule has 22 heavy (non-hydrogen) atoms. The van der Waals surface area contributed by atoms with Crippen LogP contribution in [-0.2, 0) is 13.6 Å². The minimum Gasteiger partial charge on any atom is -0.346 e. The Hall–Kier alpha value is -2.48. The predicted octanol–water partition coefficient (Wildman–Crippen LogP) is 1.61. The van der Waals surface area contributed by atoms with Crippen LogP contribution in [0.5, 0.6) is 0 Å². The Morgan fingerprint density at radius 2 is 2.23 bits per heavy atom. The van der Waals surface area contributed by atoms with Crippen LogP contribution < -0.4 is 5.32 Å². The third-order valence-corrected chi connectivity index (χ3v) is 4.15. The summed E-state index contributed by atoms with van der Waals surface area (Å²) in [6.07, 6.45) is 1.81. The lowest BCUT2D eigenvalue weighted by Crippen LogP contribution is -2.24. The number of thiophene rings is 1. The summed E-state index contributed by atoms with van der Waals surface area (Å²) >= 11 is 1.60. The normalized spacial score (nSPS) is 10.9. The monoisotopic (exact) mass is 316 g/mol. The molecule has 0 aliphatic rings. The first-order valence-corrected chi connectivity index (χ1v) is 7.72. The molecule has 1 N–H and O–H groups in total. The molecular weight excluding hydrogens is 300 g/mol. The second-order valence-electron chi connectivity index (χ2n) is 4.99. The summed E-state index contributed by atoms with van der Waals surface area (Å²) in [5, 5.41) is 19.2. The highest BCUT2D eigenvalue weighted by Crippen LogP contribution is 2.13. The molecule has 0 bridgehead atoms. The second-order valence-corrected chi connectivity index (χ2v) is 5.77. The minimum absolute atomic E-state index is 0.145. The number of hydrogen-bond donors (Lipinski definition) is 1. The summed E-state index contributed by atoms with van der Waals surface area (Å²) in [5.41, 5.74) is 3.86. The molecule has 0 saturated carbocycles. The molecule has 0 fully saturated rings. The Labute approximate surface area is 131 Å². The van der Waals surface area contributed by atoms with Crippen LogP contribution in [0.25, 0.3) is 5.69 Å². The van der Waals surface area contributed by atoms with E-state index in [0.717, 1.165) is 17.1 Å². The molecule has 8 heteroatoms. The van der Waals surface area contributed by atoms with Crippen molar-refractivity contribution < 1.29 is 4.79 Å². The summed E-state index contributed by atoms with van der Waals surface area (Å²) < 4.78 is 3.40. The van der Waals surface area contributed by atoms with Gasteiger partial charge in [0.1, 0.15) is 5.69 Å². The zero-order chi connectivity index (χ0) is 15.7. The quantitative estimate of drug-likeness (QED) is 0.793. The first-order valence-electron chi connectivity index (χ1n) is 6.78. The number of nitrogens with one attached hydrogen (secondary N) is 1. The van der Waals surface area contributed by atoms with E-state index in [9.17, 15) is 4.79 Å². The van der Waals surface area contributed by atoms with Crippen LogP contribution in [0.3, 0.4) is 0 Å². The minimum atomic E-state index is -0.145. The average molecular weight is 316 g/mol. The number of aromatic nitrogens is 5. The Bertz CT molecular complexity index is 802. The van der Waals surface area contributed by atoms with Crippen LogP contribution in [-0.4, -0.2) is 30.7 Å². The molecule has 3 rings (SSSR count). The summed E-state index contributed by atoms with van der Waals surface area (Å²) in [6, 6.07) is 1.96. The molecule has 0 saturated heterocycles. The smallest absolute Gasteiger partial charge is 0.255 e. The van der Waals surface area contributed by atoms with Gasteiger partial charge in [0.05, 0.1) is 29.7 Å². The van der Waals surface area contributed by atoms with Gasteiger partial charge in [0.15, 0.2) is 0 Å². The summed E-state index contributed by atoms with van der Waals surface area (Å²) in [6.45, 7) is 4.03. The second kappa shape index (κ2) is 5.72. The van der Waals surface area contributed by atoms with Gasteiger partial charge in [-0.1, -0.05) is 5.21 Å². The van der Waals surface area contributed by atoms with Gasteiger partial charge < -0.3 is 5.32 Å². The molecule has 0 atom stereocenters. The lowest BCUT2D eigenvalue weighted by Gasteiger charge is -2.03.